The number of anilines is 3. The number of carbonyl (C=O) groups is 1. The Bertz CT molecular complexity index is 663. The van der Waals surface area contributed by atoms with E-state index in [1.807, 2.05) is 26.0 Å². The lowest BCUT2D eigenvalue weighted by Crippen LogP contribution is -2.04. The number of carboxylic acid groups (broad SMARTS) is 1. The molecule has 2 rings (SSSR count). The van der Waals surface area contributed by atoms with Crippen LogP contribution in [0.3, 0.4) is 0 Å². The van der Waals surface area contributed by atoms with E-state index in [0.29, 0.717) is 11.5 Å². The number of aromatic nitrogens is 1. The van der Waals surface area contributed by atoms with Crippen LogP contribution in [0.1, 0.15) is 21.5 Å². The Morgan fingerprint density at radius 3 is 2.40 bits per heavy atom. The highest BCUT2D eigenvalue weighted by Gasteiger charge is 2.09. The standard InChI is InChI=1S/C14H14BrN3O2/c1-7-3-10(4-8(2)12(7)15)18-13-11(16)5-9(6-17-13)14(19)20/h3-6H,16H2,1-2H3,(H,17,18)(H,19,20). The third-order valence-electron chi connectivity index (χ3n) is 2.86. The molecule has 0 aliphatic carbocycles. The first-order valence-corrected chi connectivity index (χ1v) is 6.70. The first-order valence-electron chi connectivity index (χ1n) is 5.91. The van der Waals surface area contributed by atoms with Gasteiger partial charge in [0.15, 0.2) is 5.82 Å². The number of aromatic carboxylic acids is 1. The molecule has 0 bridgehead atoms. The van der Waals surface area contributed by atoms with Gasteiger partial charge in [0, 0.05) is 16.4 Å². The van der Waals surface area contributed by atoms with Crippen molar-refractivity contribution in [3.05, 3.63) is 45.6 Å². The van der Waals surface area contributed by atoms with E-state index < -0.39 is 5.97 Å². The van der Waals surface area contributed by atoms with Crippen molar-refractivity contribution in [2.75, 3.05) is 11.1 Å². The van der Waals surface area contributed by atoms with Crippen molar-refractivity contribution >= 4 is 39.1 Å². The van der Waals surface area contributed by atoms with Gasteiger partial charge in [0.2, 0.25) is 0 Å². The van der Waals surface area contributed by atoms with Crippen LogP contribution in [0, 0.1) is 13.8 Å². The average molecular weight is 336 g/mol. The van der Waals surface area contributed by atoms with Crippen molar-refractivity contribution in [3.63, 3.8) is 0 Å². The average Bonchev–Trinajstić information content (AvgIpc) is 2.38. The zero-order valence-corrected chi connectivity index (χ0v) is 12.7. The molecule has 0 radical (unpaired) electrons. The number of benzene rings is 1. The third-order valence-corrected chi connectivity index (χ3v) is 4.11. The van der Waals surface area contributed by atoms with E-state index >= 15 is 0 Å². The number of nitrogens with zero attached hydrogens (tertiary/aromatic N) is 1. The minimum absolute atomic E-state index is 0.0659. The SMILES string of the molecule is Cc1cc(Nc2ncc(C(=O)O)cc2N)cc(C)c1Br. The Hall–Kier alpha value is -2.08. The fourth-order valence-electron chi connectivity index (χ4n) is 1.86. The molecule has 0 aliphatic heterocycles. The van der Waals surface area contributed by atoms with Gasteiger partial charge in [0.05, 0.1) is 11.3 Å². The first-order chi connectivity index (χ1) is 9.38. The number of nitrogens with two attached hydrogens (primary N) is 1. The number of nitrogens with one attached hydrogen (secondary N) is 1. The molecule has 1 aromatic heterocycles. The Labute approximate surface area is 125 Å². The monoisotopic (exact) mass is 335 g/mol. The molecular weight excluding hydrogens is 322 g/mol. The summed E-state index contributed by atoms with van der Waals surface area (Å²) >= 11 is 3.51. The fraction of sp³-hybridized carbons (Fsp3) is 0.143. The van der Waals surface area contributed by atoms with Crippen LogP contribution < -0.4 is 11.1 Å². The van der Waals surface area contributed by atoms with Crippen molar-refractivity contribution in [2.45, 2.75) is 13.8 Å². The Morgan fingerprint density at radius 1 is 1.30 bits per heavy atom. The molecule has 0 atom stereocenters. The van der Waals surface area contributed by atoms with E-state index in [9.17, 15) is 4.79 Å². The summed E-state index contributed by atoms with van der Waals surface area (Å²) in [7, 11) is 0. The zero-order chi connectivity index (χ0) is 14.9. The second kappa shape index (κ2) is 5.50. The van der Waals surface area contributed by atoms with Gasteiger partial charge in [0.25, 0.3) is 0 Å². The summed E-state index contributed by atoms with van der Waals surface area (Å²) in [6.45, 7) is 3.99. The number of nitrogen functional groups attached to an aromatic ring is 1. The molecule has 0 fully saturated rings. The molecule has 1 heterocycles. The highest BCUT2D eigenvalue weighted by Crippen LogP contribution is 2.28. The third kappa shape index (κ3) is 2.91. The van der Waals surface area contributed by atoms with Crippen molar-refractivity contribution in [2.24, 2.45) is 0 Å². The van der Waals surface area contributed by atoms with Crippen LogP contribution in [0.4, 0.5) is 17.2 Å². The maximum absolute atomic E-state index is 10.8. The van der Waals surface area contributed by atoms with Gasteiger partial charge in [-0.25, -0.2) is 9.78 Å². The van der Waals surface area contributed by atoms with Crippen LogP contribution in [-0.2, 0) is 0 Å². The maximum atomic E-state index is 10.8. The minimum atomic E-state index is -1.05. The molecule has 2 aromatic rings. The topological polar surface area (TPSA) is 88.2 Å². The first kappa shape index (κ1) is 14.3. The molecule has 0 saturated heterocycles. The van der Waals surface area contributed by atoms with Gasteiger partial charge in [-0.2, -0.15) is 0 Å². The van der Waals surface area contributed by atoms with E-state index in [-0.39, 0.29) is 5.56 Å². The molecule has 4 N–H and O–H groups in total. The number of rotatable bonds is 3. The Morgan fingerprint density at radius 2 is 1.90 bits per heavy atom. The summed E-state index contributed by atoms with van der Waals surface area (Å²) in [6.07, 6.45) is 1.28. The van der Waals surface area contributed by atoms with Crippen molar-refractivity contribution in [1.29, 1.82) is 0 Å². The highest BCUT2D eigenvalue weighted by molar-refractivity contribution is 9.10. The quantitative estimate of drug-likeness (QED) is 0.799. The molecule has 1 aromatic carbocycles. The number of carboxylic acids is 1. The number of hydrogen-bond acceptors (Lipinski definition) is 4. The number of aryl methyl sites for hydroxylation is 2. The lowest BCUT2D eigenvalue weighted by atomic mass is 10.1. The second-order valence-electron chi connectivity index (χ2n) is 4.52. The molecule has 5 nitrogen and oxygen atoms in total. The van der Waals surface area contributed by atoms with Crippen LogP contribution in [0.25, 0.3) is 0 Å². The van der Waals surface area contributed by atoms with E-state index in [4.69, 9.17) is 10.8 Å². The van der Waals surface area contributed by atoms with Gasteiger partial charge in [-0.05, 0) is 43.2 Å². The molecule has 20 heavy (non-hydrogen) atoms. The summed E-state index contributed by atoms with van der Waals surface area (Å²) in [5.41, 5.74) is 9.21. The molecule has 0 saturated carbocycles. The van der Waals surface area contributed by atoms with Crippen molar-refractivity contribution in [3.8, 4) is 0 Å². The smallest absolute Gasteiger partial charge is 0.337 e. The Balaban J connectivity index is 2.33. The summed E-state index contributed by atoms with van der Waals surface area (Å²) in [5, 5.41) is 12.0. The van der Waals surface area contributed by atoms with E-state index in [0.717, 1.165) is 21.3 Å². The number of halogens is 1. The van der Waals surface area contributed by atoms with Gasteiger partial charge in [-0.3, -0.25) is 0 Å². The Kier molecular flexibility index (Phi) is 3.94. The van der Waals surface area contributed by atoms with Crippen LogP contribution >= 0.6 is 15.9 Å². The molecule has 0 aliphatic rings. The lowest BCUT2D eigenvalue weighted by Gasteiger charge is -2.12. The molecule has 6 heteroatoms. The molecule has 104 valence electrons. The fourth-order valence-corrected chi connectivity index (χ4v) is 2.09. The normalized spacial score (nSPS) is 10.3. The summed E-state index contributed by atoms with van der Waals surface area (Å²) in [6, 6.07) is 5.31. The van der Waals surface area contributed by atoms with Gasteiger partial charge < -0.3 is 16.2 Å². The molecule has 0 amide bonds. The summed E-state index contributed by atoms with van der Waals surface area (Å²) < 4.78 is 1.06. The highest BCUT2D eigenvalue weighted by atomic mass is 79.9. The van der Waals surface area contributed by atoms with Crippen LogP contribution in [0.5, 0.6) is 0 Å². The predicted octanol–water partition coefficient (Wildman–Crippen LogP) is 3.48. The van der Waals surface area contributed by atoms with Gasteiger partial charge in [0.1, 0.15) is 0 Å². The summed E-state index contributed by atoms with van der Waals surface area (Å²) in [5.74, 6) is -0.609. The van der Waals surface area contributed by atoms with Gasteiger partial charge in [-0.1, -0.05) is 15.9 Å². The lowest BCUT2D eigenvalue weighted by molar-refractivity contribution is 0.0696. The second-order valence-corrected chi connectivity index (χ2v) is 5.31. The minimum Gasteiger partial charge on any atom is -0.478 e. The van der Waals surface area contributed by atoms with Crippen LogP contribution in [0.15, 0.2) is 28.9 Å². The number of hydrogen-bond donors (Lipinski definition) is 3. The number of pyridine rings is 1. The summed E-state index contributed by atoms with van der Waals surface area (Å²) in [4.78, 5) is 14.9. The van der Waals surface area contributed by atoms with Crippen molar-refractivity contribution in [1.82, 2.24) is 4.98 Å². The van der Waals surface area contributed by atoms with E-state index in [1.54, 1.807) is 0 Å². The van der Waals surface area contributed by atoms with Crippen LogP contribution in [0.2, 0.25) is 0 Å². The van der Waals surface area contributed by atoms with E-state index in [2.05, 4.69) is 26.2 Å². The predicted molar refractivity (Wildman–Crippen MR) is 82.5 cm³/mol. The van der Waals surface area contributed by atoms with Gasteiger partial charge >= 0.3 is 5.97 Å². The van der Waals surface area contributed by atoms with Gasteiger partial charge in [-0.15, -0.1) is 0 Å². The van der Waals surface area contributed by atoms with Crippen molar-refractivity contribution < 1.29 is 9.90 Å². The van der Waals surface area contributed by atoms with E-state index in [1.165, 1.54) is 12.3 Å². The van der Waals surface area contributed by atoms with Crippen LogP contribution in [-0.4, -0.2) is 16.1 Å². The maximum Gasteiger partial charge on any atom is 0.337 e. The molecule has 0 spiro atoms. The largest absolute Gasteiger partial charge is 0.478 e. The zero-order valence-electron chi connectivity index (χ0n) is 11.1. The molecular formula is C14H14BrN3O2. The molecule has 0 unspecified atom stereocenters.